The summed E-state index contributed by atoms with van der Waals surface area (Å²) in [5.41, 5.74) is 4.06. The Labute approximate surface area is 130 Å². The Morgan fingerprint density at radius 1 is 1.24 bits per heavy atom. The zero-order valence-electron chi connectivity index (χ0n) is 14.3. The lowest BCUT2D eigenvalue weighted by Gasteiger charge is -2.35. The minimum Gasteiger partial charge on any atom is -0.496 e. The second-order valence-corrected chi connectivity index (χ2v) is 6.75. The number of nitrogens with one attached hydrogen (secondary N) is 1. The van der Waals surface area contributed by atoms with Crippen LogP contribution in [-0.2, 0) is 0 Å². The van der Waals surface area contributed by atoms with Gasteiger partial charge in [0.25, 0.3) is 0 Å². The first kappa shape index (κ1) is 16.4. The van der Waals surface area contributed by atoms with Gasteiger partial charge in [-0.25, -0.2) is 0 Å². The second-order valence-electron chi connectivity index (χ2n) is 6.75. The molecule has 0 heterocycles. The van der Waals surface area contributed by atoms with E-state index in [1.807, 2.05) is 0 Å². The topological polar surface area (TPSA) is 21.3 Å². The van der Waals surface area contributed by atoms with Crippen molar-refractivity contribution in [2.45, 2.75) is 59.4 Å². The van der Waals surface area contributed by atoms with E-state index in [2.05, 4.69) is 45.1 Å². The van der Waals surface area contributed by atoms with Gasteiger partial charge in [-0.05, 0) is 67.8 Å². The minimum absolute atomic E-state index is 0.488. The number of methoxy groups -OCH3 is 1. The maximum Gasteiger partial charge on any atom is 0.122 e. The van der Waals surface area contributed by atoms with E-state index in [0.29, 0.717) is 6.04 Å². The average molecular weight is 289 g/mol. The number of aryl methyl sites for hydroxylation is 2. The molecule has 1 fully saturated rings. The van der Waals surface area contributed by atoms with E-state index in [1.165, 1.54) is 42.4 Å². The summed E-state index contributed by atoms with van der Waals surface area (Å²) >= 11 is 0. The summed E-state index contributed by atoms with van der Waals surface area (Å²) in [4.78, 5) is 0. The molecule has 1 aromatic rings. The van der Waals surface area contributed by atoms with Crippen molar-refractivity contribution < 1.29 is 4.74 Å². The van der Waals surface area contributed by atoms with Crippen LogP contribution in [-0.4, -0.2) is 13.7 Å². The number of benzene rings is 1. The van der Waals surface area contributed by atoms with Crippen LogP contribution in [0, 0.1) is 25.7 Å². The molecule has 1 saturated carbocycles. The SMILES string of the molecule is CCNC(c1cc(C)c(OC)cc1C)C1CCCC(C)C1. The first-order valence-electron chi connectivity index (χ1n) is 8.45. The van der Waals surface area contributed by atoms with E-state index in [1.54, 1.807) is 7.11 Å². The van der Waals surface area contributed by atoms with Gasteiger partial charge in [0.15, 0.2) is 0 Å². The Morgan fingerprint density at radius 2 is 2.00 bits per heavy atom. The maximum absolute atomic E-state index is 5.46. The van der Waals surface area contributed by atoms with Crippen molar-refractivity contribution in [3.8, 4) is 5.75 Å². The molecule has 0 spiro atoms. The second kappa shape index (κ2) is 7.31. The quantitative estimate of drug-likeness (QED) is 0.841. The Morgan fingerprint density at radius 3 is 2.62 bits per heavy atom. The van der Waals surface area contributed by atoms with Crippen LogP contribution in [0.25, 0.3) is 0 Å². The lowest BCUT2D eigenvalue weighted by Crippen LogP contribution is -2.31. The molecule has 2 rings (SSSR count). The summed E-state index contributed by atoms with van der Waals surface area (Å²) in [5.74, 6) is 2.63. The lowest BCUT2D eigenvalue weighted by molar-refractivity contribution is 0.224. The first-order valence-corrected chi connectivity index (χ1v) is 8.45. The van der Waals surface area contributed by atoms with Crippen LogP contribution in [0.1, 0.15) is 62.3 Å². The maximum atomic E-state index is 5.46. The molecule has 0 saturated heterocycles. The van der Waals surface area contributed by atoms with E-state index in [0.717, 1.165) is 24.1 Å². The van der Waals surface area contributed by atoms with Gasteiger partial charge in [0.2, 0.25) is 0 Å². The molecule has 2 nitrogen and oxygen atoms in total. The molecule has 21 heavy (non-hydrogen) atoms. The Bertz CT molecular complexity index is 469. The molecular formula is C19H31NO. The molecule has 1 aromatic carbocycles. The Balaban J connectivity index is 2.31. The third-order valence-electron chi connectivity index (χ3n) is 4.99. The molecule has 118 valence electrons. The highest BCUT2D eigenvalue weighted by Gasteiger charge is 2.28. The van der Waals surface area contributed by atoms with Gasteiger partial charge in [-0.3, -0.25) is 0 Å². The van der Waals surface area contributed by atoms with Crippen molar-refractivity contribution in [2.24, 2.45) is 11.8 Å². The first-order chi connectivity index (χ1) is 10.1. The van der Waals surface area contributed by atoms with E-state index < -0.39 is 0 Å². The molecule has 2 heteroatoms. The Kier molecular flexibility index (Phi) is 5.69. The fourth-order valence-electron chi connectivity index (χ4n) is 3.90. The minimum atomic E-state index is 0.488. The van der Waals surface area contributed by atoms with Crippen LogP contribution in [0.3, 0.4) is 0 Å². The molecule has 1 N–H and O–H groups in total. The van der Waals surface area contributed by atoms with Gasteiger partial charge in [-0.2, -0.15) is 0 Å². The van der Waals surface area contributed by atoms with Crippen molar-refractivity contribution in [2.75, 3.05) is 13.7 Å². The number of rotatable bonds is 5. The van der Waals surface area contributed by atoms with Gasteiger partial charge in [-0.15, -0.1) is 0 Å². The van der Waals surface area contributed by atoms with Crippen molar-refractivity contribution in [3.63, 3.8) is 0 Å². The predicted molar refractivity (Wildman–Crippen MR) is 90.0 cm³/mol. The number of hydrogen-bond acceptors (Lipinski definition) is 2. The predicted octanol–water partition coefficient (Wildman–Crippen LogP) is 4.79. The molecule has 3 unspecified atom stereocenters. The largest absolute Gasteiger partial charge is 0.496 e. The third-order valence-corrected chi connectivity index (χ3v) is 4.99. The van der Waals surface area contributed by atoms with Gasteiger partial charge in [-0.1, -0.05) is 32.8 Å². The van der Waals surface area contributed by atoms with Gasteiger partial charge in [0.1, 0.15) is 5.75 Å². The summed E-state index contributed by atoms with van der Waals surface area (Å²) in [6.45, 7) is 10.0. The van der Waals surface area contributed by atoms with Crippen molar-refractivity contribution in [1.29, 1.82) is 0 Å². The molecule has 0 amide bonds. The fourth-order valence-corrected chi connectivity index (χ4v) is 3.90. The number of hydrogen-bond donors (Lipinski definition) is 1. The Hall–Kier alpha value is -1.02. The van der Waals surface area contributed by atoms with Gasteiger partial charge >= 0.3 is 0 Å². The van der Waals surface area contributed by atoms with Crippen LogP contribution in [0.15, 0.2) is 12.1 Å². The van der Waals surface area contributed by atoms with Crippen LogP contribution >= 0.6 is 0 Å². The van der Waals surface area contributed by atoms with E-state index in [4.69, 9.17) is 4.74 Å². The van der Waals surface area contributed by atoms with E-state index >= 15 is 0 Å². The highest BCUT2D eigenvalue weighted by atomic mass is 16.5. The van der Waals surface area contributed by atoms with E-state index in [9.17, 15) is 0 Å². The van der Waals surface area contributed by atoms with Gasteiger partial charge < -0.3 is 10.1 Å². The smallest absolute Gasteiger partial charge is 0.122 e. The van der Waals surface area contributed by atoms with Crippen LogP contribution < -0.4 is 10.1 Å². The highest BCUT2D eigenvalue weighted by Crippen LogP contribution is 2.39. The zero-order chi connectivity index (χ0) is 15.4. The van der Waals surface area contributed by atoms with Gasteiger partial charge in [0, 0.05) is 6.04 Å². The van der Waals surface area contributed by atoms with Crippen molar-refractivity contribution in [1.82, 2.24) is 5.32 Å². The molecule has 1 aliphatic rings. The zero-order valence-corrected chi connectivity index (χ0v) is 14.3. The van der Waals surface area contributed by atoms with E-state index in [-0.39, 0.29) is 0 Å². The standard InChI is InChI=1S/C19H31NO/c1-6-20-19(16-9-7-8-13(2)10-16)17-11-15(4)18(21-5)12-14(17)3/h11-13,16,19-20H,6-10H2,1-5H3. The molecule has 0 bridgehead atoms. The summed E-state index contributed by atoms with van der Waals surface area (Å²) < 4.78 is 5.46. The monoisotopic (exact) mass is 289 g/mol. The number of ether oxygens (including phenoxy) is 1. The average Bonchev–Trinajstić information content (AvgIpc) is 2.47. The third kappa shape index (κ3) is 3.79. The lowest BCUT2D eigenvalue weighted by atomic mass is 9.76. The van der Waals surface area contributed by atoms with Crippen LogP contribution in [0.5, 0.6) is 5.75 Å². The summed E-state index contributed by atoms with van der Waals surface area (Å²) in [5, 5.41) is 3.75. The molecule has 3 atom stereocenters. The van der Waals surface area contributed by atoms with Crippen molar-refractivity contribution in [3.05, 3.63) is 28.8 Å². The normalized spacial score (nSPS) is 23.9. The summed E-state index contributed by atoms with van der Waals surface area (Å²) in [7, 11) is 1.76. The molecule has 0 aromatic heterocycles. The fraction of sp³-hybridized carbons (Fsp3) is 0.684. The van der Waals surface area contributed by atoms with Gasteiger partial charge in [0.05, 0.1) is 7.11 Å². The molecular weight excluding hydrogens is 258 g/mol. The highest BCUT2D eigenvalue weighted by molar-refractivity contribution is 5.43. The van der Waals surface area contributed by atoms with Crippen LogP contribution in [0.4, 0.5) is 0 Å². The molecule has 0 aliphatic heterocycles. The molecule has 1 aliphatic carbocycles. The van der Waals surface area contributed by atoms with Crippen molar-refractivity contribution >= 4 is 0 Å². The van der Waals surface area contributed by atoms with Crippen LogP contribution in [0.2, 0.25) is 0 Å². The summed E-state index contributed by atoms with van der Waals surface area (Å²) in [6.07, 6.45) is 5.48. The summed E-state index contributed by atoms with van der Waals surface area (Å²) in [6, 6.07) is 5.02. The molecule has 0 radical (unpaired) electrons.